The minimum atomic E-state index is -0.522. The summed E-state index contributed by atoms with van der Waals surface area (Å²) in [6, 6.07) is 6.09. The van der Waals surface area contributed by atoms with Gasteiger partial charge < -0.3 is 16.0 Å². The number of rotatable bonds is 6. The molecule has 1 aliphatic rings. The molecular formula is C16H25N3O. The lowest BCUT2D eigenvalue weighted by Gasteiger charge is -2.31. The zero-order chi connectivity index (χ0) is 14.7. The molecule has 4 heteroatoms. The molecule has 1 aromatic rings. The first kappa shape index (κ1) is 14.9. The molecule has 2 rings (SSSR count). The van der Waals surface area contributed by atoms with Crippen LogP contribution in [0.25, 0.3) is 0 Å². The van der Waals surface area contributed by atoms with Crippen molar-refractivity contribution >= 4 is 17.3 Å². The van der Waals surface area contributed by atoms with E-state index in [4.69, 9.17) is 5.73 Å². The number of hydrogen-bond donors (Lipinski definition) is 2. The van der Waals surface area contributed by atoms with Crippen LogP contribution in [0.1, 0.15) is 51.6 Å². The predicted molar refractivity (Wildman–Crippen MR) is 84.0 cm³/mol. The van der Waals surface area contributed by atoms with E-state index in [2.05, 4.69) is 43.1 Å². The highest BCUT2D eigenvalue weighted by Gasteiger charge is 2.27. The van der Waals surface area contributed by atoms with Crippen molar-refractivity contribution in [3.05, 3.63) is 23.8 Å². The SMILES string of the molecule is CCCCN(c1ccc2c(c1)NC(=O)C2N)C(C)CC. The highest BCUT2D eigenvalue weighted by atomic mass is 16.2. The van der Waals surface area contributed by atoms with E-state index in [1.165, 1.54) is 18.5 Å². The Morgan fingerprint density at radius 2 is 2.15 bits per heavy atom. The second kappa shape index (κ2) is 6.27. The molecule has 0 saturated carbocycles. The van der Waals surface area contributed by atoms with Crippen LogP contribution in [0.5, 0.6) is 0 Å². The minimum Gasteiger partial charge on any atom is -0.369 e. The van der Waals surface area contributed by atoms with Gasteiger partial charge in [-0.05, 0) is 31.9 Å². The van der Waals surface area contributed by atoms with E-state index in [0.29, 0.717) is 6.04 Å². The Morgan fingerprint density at radius 1 is 1.40 bits per heavy atom. The van der Waals surface area contributed by atoms with Gasteiger partial charge in [-0.2, -0.15) is 0 Å². The first-order valence-electron chi connectivity index (χ1n) is 7.55. The number of unbranched alkanes of at least 4 members (excludes halogenated alkanes) is 1. The number of nitrogens with two attached hydrogens (primary N) is 1. The average Bonchev–Trinajstić information content (AvgIpc) is 2.74. The average molecular weight is 275 g/mol. The second-order valence-electron chi connectivity index (χ2n) is 5.54. The monoisotopic (exact) mass is 275 g/mol. The zero-order valence-corrected chi connectivity index (χ0v) is 12.6. The van der Waals surface area contributed by atoms with Crippen molar-refractivity contribution in [3.8, 4) is 0 Å². The lowest BCUT2D eigenvalue weighted by Crippen LogP contribution is -2.33. The third-order valence-corrected chi connectivity index (χ3v) is 4.12. The van der Waals surface area contributed by atoms with Crippen LogP contribution in [-0.4, -0.2) is 18.5 Å². The van der Waals surface area contributed by atoms with Crippen LogP contribution in [-0.2, 0) is 4.79 Å². The second-order valence-corrected chi connectivity index (χ2v) is 5.54. The summed E-state index contributed by atoms with van der Waals surface area (Å²) in [6.45, 7) is 7.70. The van der Waals surface area contributed by atoms with E-state index in [0.717, 1.165) is 24.2 Å². The molecule has 2 atom stereocenters. The van der Waals surface area contributed by atoms with Crippen molar-refractivity contribution in [2.75, 3.05) is 16.8 Å². The Balaban J connectivity index is 2.26. The summed E-state index contributed by atoms with van der Waals surface area (Å²) in [4.78, 5) is 14.0. The number of carbonyl (C=O) groups excluding carboxylic acids is 1. The molecule has 1 aromatic carbocycles. The number of carbonyl (C=O) groups is 1. The molecule has 1 aliphatic heterocycles. The molecular weight excluding hydrogens is 250 g/mol. The maximum Gasteiger partial charge on any atom is 0.245 e. The fourth-order valence-electron chi connectivity index (χ4n) is 2.61. The fourth-order valence-corrected chi connectivity index (χ4v) is 2.61. The third-order valence-electron chi connectivity index (χ3n) is 4.12. The van der Waals surface area contributed by atoms with Crippen molar-refractivity contribution in [1.29, 1.82) is 0 Å². The molecule has 20 heavy (non-hydrogen) atoms. The van der Waals surface area contributed by atoms with Gasteiger partial charge in [0.15, 0.2) is 0 Å². The fraction of sp³-hybridized carbons (Fsp3) is 0.562. The molecule has 4 nitrogen and oxygen atoms in total. The largest absolute Gasteiger partial charge is 0.369 e. The van der Waals surface area contributed by atoms with Crippen LogP contribution in [0.3, 0.4) is 0 Å². The molecule has 0 bridgehead atoms. The smallest absolute Gasteiger partial charge is 0.245 e. The van der Waals surface area contributed by atoms with Gasteiger partial charge in [-0.3, -0.25) is 4.79 Å². The van der Waals surface area contributed by atoms with Crippen LogP contribution in [0.15, 0.2) is 18.2 Å². The normalized spacial score (nSPS) is 18.6. The Morgan fingerprint density at radius 3 is 2.80 bits per heavy atom. The molecule has 0 fully saturated rings. The van der Waals surface area contributed by atoms with Gasteiger partial charge in [-0.15, -0.1) is 0 Å². The number of hydrogen-bond acceptors (Lipinski definition) is 3. The van der Waals surface area contributed by atoms with Crippen LogP contribution >= 0.6 is 0 Å². The topological polar surface area (TPSA) is 58.4 Å². The summed E-state index contributed by atoms with van der Waals surface area (Å²) in [5, 5.41) is 2.86. The Kier molecular flexibility index (Phi) is 4.65. The highest BCUT2D eigenvalue weighted by molar-refractivity contribution is 6.02. The number of fused-ring (bicyclic) bond motifs is 1. The molecule has 110 valence electrons. The summed E-state index contributed by atoms with van der Waals surface area (Å²) < 4.78 is 0. The first-order chi connectivity index (χ1) is 9.58. The molecule has 1 heterocycles. The molecule has 1 amide bonds. The Bertz CT molecular complexity index is 487. The summed E-state index contributed by atoms with van der Waals surface area (Å²) >= 11 is 0. The molecule has 0 spiro atoms. The van der Waals surface area contributed by atoms with E-state index in [1.807, 2.05) is 6.07 Å². The summed E-state index contributed by atoms with van der Waals surface area (Å²) in [6.07, 6.45) is 3.46. The molecule has 0 radical (unpaired) electrons. The minimum absolute atomic E-state index is 0.110. The molecule has 0 saturated heterocycles. The van der Waals surface area contributed by atoms with Gasteiger partial charge in [0, 0.05) is 29.5 Å². The third kappa shape index (κ3) is 2.80. The number of amides is 1. The van der Waals surface area contributed by atoms with Crippen molar-refractivity contribution < 1.29 is 4.79 Å². The molecule has 0 aromatic heterocycles. The summed E-state index contributed by atoms with van der Waals surface area (Å²) in [5.74, 6) is -0.110. The molecule has 3 N–H and O–H groups in total. The Hall–Kier alpha value is -1.55. The van der Waals surface area contributed by atoms with Gasteiger partial charge in [-0.1, -0.05) is 26.3 Å². The van der Waals surface area contributed by atoms with Gasteiger partial charge in [0.2, 0.25) is 5.91 Å². The van der Waals surface area contributed by atoms with E-state index in [1.54, 1.807) is 0 Å². The Labute approximate surface area is 121 Å². The van der Waals surface area contributed by atoms with E-state index >= 15 is 0 Å². The van der Waals surface area contributed by atoms with E-state index < -0.39 is 6.04 Å². The number of anilines is 2. The van der Waals surface area contributed by atoms with E-state index in [9.17, 15) is 4.79 Å². The van der Waals surface area contributed by atoms with Crippen LogP contribution in [0.2, 0.25) is 0 Å². The number of nitrogens with one attached hydrogen (secondary N) is 1. The van der Waals surface area contributed by atoms with E-state index in [-0.39, 0.29) is 5.91 Å². The lowest BCUT2D eigenvalue weighted by atomic mass is 10.1. The zero-order valence-electron chi connectivity index (χ0n) is 12.6. The number of benzene rings is 1. The highest BCUT2D eigenvalue weighted by Crippen LogP contribution is 2.33. The van der Waals surface area contributed by atoms with Crippen molar-refractivity contribution in [2.24, 2.45) is 5.73 Å². The van der Waals surface area contributed by atoms with Crippen LogP contribution < -0.4 is 16.0 Å². The predicted octanol–water partition coefficient (Wildman–Crippen LogP) is 3.04. The van der Waals surface area contributed by atoms with Crippen molar-refractivity contribution in [1.82, 2.24) is 0 Å². The quantitative estimate of drug-likeness (QED) is 0.839. The van der Waals surface area contributed by atoms with Gasteiger partial charge in [0.05, 0.1) is 0 Å². The van der Waals surface area contributed by atoms with Gasteiger partial charge in [0.25, 0.3) is 0 Å². The van der Waals surface area contributed by atoms with Gasteiger partial charge in [-0.25, -0.2) is 0 Å². The van der Waals surface area contributed by atoms with Crippen LogP contribution in [0.4, 0.5) is 11.4 Å². The summed E-state index contributed by atoms with van der Waals surface area (Å²) in [7, 11) is 0. The van der Waals surface area contributed by atoms with Gasteiger partial charge >= 0.3 is 0 Å². The maximum atomic E-state index is 11.6. The molecule has 0 aliphatic carbocycles. The maximum absolute atomic E-state index is 11.6. The molecule has 2 unspecified atom stereocenters. The first-order valence-corrected chi connectivity index (χ1v) is 7.55. The van der Waals surface area contributed by atoms with Crippen molar-refractivity contribution in [3.63, 3.8) is 0 Å². The standard InChI is InChI=1S/C16H25N3O/c1-4-6-9-19(11(3)5-2)12-7-8-13-14(10-12)18-16(20)15(13)17/h7-8,10-11,15H,4-6,9,17H2,1-3H3,(H,18,20). The summed E-state index contributed by atoms with van der Waals surface area (Å²) in [5.41, 5.74) is 8.79. The lowest BCUT2D eigenvalue weighted by molar-refractivity contribution is -0.116. The van der Waals surface area contributed by atoms with Crippen LogP contribution in [0, 0.1) is 0 Å². The number of nitrogens with zero attached hydrogens (tertiary/aromatic N) is 1. The van der Waals surface area contributed by atoms with Gasteiger partial charge in [0.1, 0.15) is 6.04 Å². The van der Waals surface area contributed by atoms with Crippen molar-refractivity contribution in [2.45, 2.75) is 52.1 Å².